The molecular weight excluding hydrogens is 238 g/mol. The lowest BCUT2D eigenvalue weighted by Crippen LogP contribution is -2.34. The fourth-order valence-corrected chi connectivity index (χ4v) is 2.89. The smallest absolute Gasteiger partial charge is 0.0631 e. The summed E-state index contributed by atoms with van der Waals surface area (Å²) < 4.78 is 1.15. The third kappa shape index (κ3) is 1.46. The van der Waals surface area contributed by atoms with Crippen LogP contribution in [0.25, 0.3) is 0 Å². The molecule has 0 N–H and O–H groups in total. The van der Waals surface area contributed by atoms with Crippen LogP contribution in [-0.2, 0) is 5.41 Å². The molecule has 0 heterocycles. The zero-order chi connectivity index (χ0) is 10.0. The van der Waals surface area contributed by atoms with Crippen molar-refractivity contribution in [1.82, 2.24) is 0 Å². The molecule has 2 rings (SSSR count). The van der Waals surface area contributed by atoms with Gasteiger partial charge >= 0.3 is 0 Å². The predicted octanol–water partition coefficient (Wildman–Crippen LogP) is 3.78. The molecule has 1 aliphatic carbocycles. The van der Waals surface area contributed by atoms with E-state index in [0.717, 1.165) is 17.3 Å². The van der Waals surface area contributed by atoms with Crippen molar-refractivity contribution >= 4 is 15.9 Å². The molecule has 0 amide bonds. The summed E-state index contributed by atoms with van der Waals surface area (Å²) >= 11 is 3.57. The molecule has 0 spiro atoms. The molecule has 1 fully saturated rings. The lowest BCUT2D eigenvalue weighted by molar-refractivity contribution is 0.248. The average molecular weight is 250 g/mol. The number of hydrogen-bond acceptors (Lipinski definition) is 1. The molecule has 0 bridgehead atoms. The summed E-state index contributed by atoms with van der Waals surface area (Å²) in [6, 6.07) is 10.6. The molecule has 14 heavy (non-hydrogen) atoms. The van der Waals surface area contributed by atoms with E-state index in [1.165, 1.54) is 12.0 Å². The van der Waals surface area contributed by atoms with Crippen molar-refractivity contribution in [3.8, 4) is 6.07 Å². The van der Waals surface area contributed by atoms with E-state index in [-0.39, 0.29) is 5.41 Å². The Morgan fingerprint density at radius 2 is 2.07 bits per heavy atom. The Balaban J connectivity index is 2.37. The molecule has 1 aliphatic rings. The lowest BCUT2D eigenvalue weighted by atomic mass is 9.63. The highest BCUT2D eigenvalue weighted by molar-refractivity contribution is 9.10. The zero-order valence-corrected chi connectivity index (χ0v) is 9.55. The highest BCUT2D eigenvalue weighted by Crippen LogP contribution is 2.48. The first-order valence-electron chi connectivity index (χ1n) is 4.90. The van der Waals surface area contributed by atoms with Crippen LogP contribution in [0.5, 0.6) is 0 Å². The van der Waals surface area contributed by atoms with Gasteiger partial charge in [0.2, 0.25) is 0 Å². The lowest BCUT2D eigenvalue weighted by Gasteiger charge is -2.41. The summed E-state index contributed by atoms with van der Waals surface area (Å²) in [5.41, 5.74) is 1.46. The Morgan fingerprint density at radius 3 is 2.57 bits per heavy atom. The first kappa shape index (κ1) is 9.73. The first-order chi connectivity index (χ1) is 6.78. The molecule has 0 saturated heterocycles. The summed E-state index contributed by atoms with van der Waals surface area (Å²) in [5, 5.41) is 8.85. The quantitative estimate of drug-likeness (QED) is 0.783. The second kappa shape index (κ2) is 3.74. The second-order valence-corrected chi connectivity index (χ2v) is 4.80. The van der Waals surface area contributed by atoms with Gasteiger partial charge in [-0.15, -0.1) is 0 Å². The molecule has 0 aromatic heterocycles. The minimum Gasteiger partial charge on any atom is -0.198 e. The predicted molar refractivity (Wildman–Crippen MR) is 59.9 cm³/mol. The number of rotatable bonds is 2. The first-order valence-corrected chi connectivity index (χ1v) is 5.70. The van der Waals surface area contributed by atoms with E-state index >= 15 is 0 Å². The van der Waals surface area contributed by atoms with Crippen LogP contribution in [0.2, 0.25) is 0 Å². The molecular formula is C12H12BrN. The van der Waals surface area contributed by atoms with Crippen LogP contribution in [0.15, 0.2) is 28.7 Å². The van der Waals surface area contributed by atoms with E-state index in [2.05, 4.69) is 40.2 Å². The third-order valence-corrected chi connectivity index (χ3v) is 3.86. The molecule has 0 aliphatic heterocycles. The maximum Gasteiger partial charge on any atom is 0.0631 e. The Morgan fingerprint density at radius 1 is 1.36 bits per heavy atom. The fraction of sp³-hybridized carbons (Fsp3) is 0.417. The van der Waals surface area contributed by atoms with Crippen molar-refractivity contribution in [3.05, 3.63) is 34.3 Å². The van der Waals surface area contributed by atoms with Gasteiger partial charge in [-0.05, 0) is 24.5 Å². The van der Waals surface area contributed by atoms with Crippen LogP contribution in [0.4, 0.5) is 0 Å². The number of halogens is 1. The van der Waals surface area contributed by atoms with Gasteiger partial charge in [-0.2, -0.15) is 5.26 Å². The molecule has 0 radical (unpaired) electrons. The number of hydrogen-bond donors (Lipinski definition) is 0. The third-order valence-electron chi connectivity index (χ3n) is 3.17. The van der Waals surface area contributed by atoms with Gasteiger partial charge in [0.1, 0.15) is 0 Å². The molecule has 1 aromatic rings. The highest BCUT2D eigenvalue weighted by atomic mass is 79.9. The summed E-state index contributed by atoms with van der Waals surface area (Å²) in [7, 11) is 0. The van der Waals surface area contributed by atoms with Crippen LogP contribution < -0.4 is 0 Å². The van der Waals surface area contributed by atoms with Crippen LogP contribution >= 0.6 is 15.9 Å². The molecule has 0 atom stereocenters. The summed E-state index contributed by atoms with van der Waals surface area (Å²) in [5.74, 6) is 0. The van der Waals surface area contributed by atoms with Crippen molar-refractivity contribution in [3.63, 3.8) is 0 Å². The molecule has 1 aromatic carbocycles. The molecule has 2 heteroatoms. The van der Waals surface area contributed by atoms with Gasteiger partial charge in [0, 0.05) is 16.3 Å². The maximum absolute atomic E-state index is 8.85. The van der Waals surface area contributed by atoms with E-state index in [0.29, 0.717) is 6.42 Å². The maximum atomic E-state index is 8.85. The van der Waals surface area contributed by atoms with Crippen molar-refractivity contribution < 1.29 is 0 Å². The van der Waals surface area contributed by atoms with Gasteiger partial charge < -0.3 is 0 Å². The van der Waals surface area contributed by atoms with E-state index < -0.39 is 0 Å². The Hall–Kier alpha value is -0.810. The van der Waals surface area contributed by atoms with Crippen molar-refractivity contribution in [2.75, 3.05) is 0 Å². The molecule has 1 nitrogen and oxygen atoms in total. The number of nitriles is 1. The minimum absolute atomic E-state index is 0.148. The summed E-state index contributed by atoms with van der Waals surface area (Å²) in [6.45, 7) is 0. The Kier molecular flexibility index (Phi) is 2.60. The van der Waals surface area contributed by atoms with Gasteiger partial charge in [0.05, 0.1) is 6.07 Å². The number of nitrogens with zero attached hydrogens (tertiary/aromatic N) is 1. The Bertz CT molecular complexity index is 374. The minimum atomic E-state index is 0.148. The standard InChI is InChI=1S/C12H12BrN/c13-11-5-2-1-4-10(11)12(8-9-14)6-3-7-12/h1-2,4-5H,3,6-8H2. The molecule has 72 valence electrons. The van der Waals surface area contributed by atoms with Crippen molar-refractivity contribution in [2.45, 2.75) is 31.1 Å². The zero-order valence-electron chi connectivity index (χ0n) is 7.96. The normalized spacial score (nSPS) is 18.3. The monoisotopic (exact) mass is 249 g/mol. The number of benzene rings is 1. The van der Waals surface area contributed by atoms with E-state index in [4.69, 9.17) is 5.26 Å². The van der Waals surface area contributed by atoms with Crippen LogP contribution in [0.3, 0.4) is 0 Å². The SMILES string of the molecule is N#CCC1(c2ccccc2Br)CCC1. The largest absolute Gasteiger partial charge is 0.198 e. The van der Waals surface area contributed by atoms with Gasteiger partial charge in [-0.25, -0.2) is 0 Å². The van der Waals surface area contributed by atoms with E-state index in [1.54, 1.807) is 0 Å². The summed E-state index contributed by atoms with van der Waals surface area (Å²) in [4.78, 5) is 0. The van der Waals surface area contributed by atoms with Gasteiger partial charge in [-0.1, -0.05) is 40.5 Å². The fourth-order valence-electron chi connectivity index (χ4n) is 2.19. The highest BCUT2D eigenvalue weighted by Gasteiger charge is 2.39. The molecule has 1 saturated carbocycles. The van der Waals surface area contributed by atoms with Crippen molar-refractivity contribution in [1.29, 1.82) is 5.26 Å². The van der Waals surface area contributed by atoms with E-state index in [9.17, 15) is 0 Å². The van der Waals surface area contributed by atoms with Gasteiger partial charge in [-0.3, -0.25) is 0 Å². The molecule has 0 unspecified atom stereocenters. The van der Waals surface area contributed by atoms with Gasteiger partial charge in [0.25, 0.3) is 0 Å². The van der Waals surface area contributed by atoms with Crippen LogP contribution in [-0.4, -0.2) is 0 Å². The van der Waals surface area contributed by atoms with Crippen LogP contribution in [0.1, 0.15) is 31.2 Å². The average Bonchev–Trinajstić information content (AvgIpc) is 2.13. The Labute approximate surface area is 92.9 Å². The topological polar surface area (TPSA) is 23.8 Å². The second-order valence-electron chi connectivity index (χ2n) is 3.95. The van der Waals surface area contributed by atoms with Crippen molar-refractivity contribution in [2.24, 2.45) is 0 Å². The van der Waals surface area contributed by atoms with Crippen LogP contribution in [0, 0.1) is 11.3 Å². The summed E-state index contributed by atoms with van der Waals surface area (Å²) in [6.07, 6.45) is 4.21. The van der Waals surface area contributed by atoms with E-state index in [1.807, 2.05) is 6.07 Å². The van der Waals surface area contributed by atoms with Gasteiger partial charge in [0.15, 0.2) is 0 Å².